The van der Waals surface area contributed by atoms with Crippen LogP contribution in [0.4, 0.5) is 5.82 Å². The number of aliphatic carboxylic acids is 1. The van der Waals surface area contributed by atoms with Crippen molar-refractivity contribution in [2.24, 2.45) is 5.41 Å². The first-order valence-corrected chi connectivity index (χ1v) is 10.6. The molecule has 168 valence electrons. The third-order valence-electron chi connectivity index (χ3n) is 6.71. The lowest BCUT2D eigenvalue weighted by atomic mass is 9.79. The molecule has 0 radical (unpaired) electrons. The fourth-order valence-corrected chi connectivity index (χ4v) is 5.21. The van der Waals surface area contributed by atoms with Crippen LogP contribution in [-0.2, 0) is 9.59 Å². The number of aliphatic hydroxyl groups is 2. The summed E-state index contributed by atoms with van der Waals surface area (Å²) in [6, 6.07) is -1.35. The summed E-state index contributed by atoms with van der Waals surface area (Å²) in [5.41, 5.74) is 6.09. The summed E-state index contributed by atoms with van der Waals surface area (Å²) in [5, 5.41) is 33.8. The molecule has 0 aromatic carbocycles. The number of nitrogens with one attached hydrogen (secondary N) is 1. The Labute approximate surface area is 178 Å². The maximum absolute atomic E-state index is 12.8. The van der Waals surface area contributed by atoms with Crippen molar-refractivity contribution >= 4 is 28.9 Å². The molecule has 11 nitrogen and oxygen atoms in total. The standard InChI is InChI=1S/C20H28N6O5/c21-18-15-19(23-9-22-18)26(10-24-15)16-12(27)4-3-11(17(16)31)25-13(28)7-20(8-14(29)30)5-1-2-6-20/h9-12,16-17,27,31H,1-8H2,(H,25,28)(H,29,30)(H2,21,22,23)/t11-,12+,16-,17-/m1/s1. The van der Waals surface area contributed by atoms with Gasteiger partial charge in [0.05, 0.1) is 37.0 Å². The number of carboxylic acid groups (broad SMARTS) is 1. The van der Waals surface area contributed by atoms with Gasteiger partial charge in [0, 0.05) is 6.42 Å². The van der Waals surface area contributed by atoms with Crippen molar-refractivity contribution in [2.75, 3.05) is 5.73 Å². The molecule has 2 heterocycles. The molecule has 0 unspecified atom stereocenters. The number of rotatable bonds is 6. The van der Waals surface area contributed by atoms with Crippen molar-refractivity contribution in [2.45, 2.75) is 75.7 Å². The summed E-state index contributed by atoms with van der Waals surface area (Å²) in [6.45, 7) is 0. The molecule has 0 bridgehead atoms. The van der Waals surface area contributed by atoms with Crippen molar-refractivity contribution in [3.8, 4) is 0 Å². The number of carbonyl (C=O) groups excluding carboxylic acids is 1. The van der Waals surface area contributed by atoms with E-state index >= 15 is 0 Å². The molecular weight excluding hydrogens is 404 g/mol. The minimum Gasteiger partial charge on any atom is -0.481 e. The minimum atomic E-state index is -1.08. The van der Waals surface area contributed by atoms with Crippen LogP contribution in [0.25, 0.3) is 11.2 Å². The number of carboxylic acids is 1. The van der Waals surface area contributed by atoms with E-state index < -0.39 is 35.7 Å². The predicted molar refractivity (Wildman–Crippen MR) is 110 cm³/mol. The molecule has 0 spiro atoms. The predicted octanol–water partition coefficient (Wildman–Crippen LogP) is 0.375. The lowest BCUT2D eigenvalue weighted by molar-refractivity contribution is -0.140. The highest BCUT2D eigenvalue weighted by molar-refractivity contribution is 5.81. The average Bonchev–Trinajstić information content (AvgIpc) is 3.32. The molecule has 2 fully saturated rings. The van der Waals surface area contributed by atoms with Gasteiger partial charge in [-0.15, -0.1) is 0 Å². The Morgan fingerprint density at radius 3 is 2.61 bits per heavy atom. The molecule has 0 aliphatic heterocycles. The first-order chi connectivity index (χ1) is 14.8. The number of aromatic nitrogens is 4. The second kappa shape index (κ2) is 8.39. The third kappa shape index (κ3) is 4.19. The first kappa shape index (κ1) is 21.4. The Bertz CT molecular complexity index is 972. The van der Waals surface area contributed by atoms with E-state index in [2.05, 4.69) is 20.3 Å². The Balaban J connectivity index is 1.50. The number of nitrogens with two attached hydrogens (primary N) is 1. The van der Waals surface area contributed by atoms with Gasteiger partial charge in [-0.25, -0.2) is 15.0 Å². The largest absolute Gasteiger partial charge is 0.481 e. The lowest BCUT2D eigenvalue weighted by Gasteiger charge is -2.39. The number of hydrogen-bond donors (Lipinski definition) is 5. The van der Waals surface area contributed by atoms with E-state index in [4.69, 9.17) is 5.73 Å². The van der Waals surface area contributed by atoms with Crippen molar-refractivity contribution in [1.29, 1.82) is 0 Å². The lowest BCUT2D eigenvalue weighted by Crippen LogP contribution is -2.54. The summed E-state index contributed by atoms with van der Waals surface area (Å²) >= 11 is 0. The summed E-state index contributed by atoms with van der Waals surface area (Å²) in [7, 11) is 0. The van der Waals surface area contributed by atoms with E-state index in [0.29, 0.717) is 36.8 Å². The van der Waals surface area contributed by atoms with Crippen molar-refractivity contribution < 1.29 is 24.9 Å². The number of nitrogen functional groups attached to an aromatic ring is 1. The molecule has 2 aromatic rings. The summed E-state index contributed by atoms with van der Waals surface area (Å²) < 4.78 is 1.57. The highest BCUT2D eigenvalue weighted by atomic mass is 16.4. The molecule has 2 aliphatic rings. The summed E-state index contributed by atoms with van der Waals surface area (Å²) in [4.78, 5) is 36.4. The van der Waals surface area contributed by atoms with Gasteiger partial charge in [0.15, 0.2) is 11.5 Å². The zero-order valence-electron chi connectivity index (χ0n) is 17.1. The molecular formula is C20H28N6O5. The molecule has 6 N–H and O–H groups in total. The smallest absolute Gasteiger partial charge is 0.303 e. The zero-order valence-corrected chi connectivity index (χ0v) is 17.1. The van der Waals surface area contributed by atoms with Crippen LogP contribution in [0, 0.1) is 5.41 Å². The molecule has 2 aliphatic carbocycles. The van der Waals surface area contributed by atoms with Gasteiger partial charge in [-0.1, -0.05) is 12.8 Å². The number of hydrogen-bond acceptors (Lipinski definition) is 8. The van der Waals surface area contributed by atoms with Crippen LogP contribution in [0.15, 0.2) is 12.7 Å². The third-order valence-corrected chi connectivity index (χ3v) is 6.71. The molecule has 2 aromatic heterocycles. The Kier molecular flexibility index (Phi) is 5.80. The van der Waals surface area contributed by atoms with Gasteiger partial charge in [0.2, 0.25) is 5.91 Å². The quantitative estimate of drug-likeness (QED) is 0.431. The van der Waals surface area contributed by atoms with Crippen LogP contribution in [0.1, 0.15) is 57.4 Å². The number of nitrogens with zero attached hydrogens (tertiary/aromatic N) is 4. The normalized spacial score (nSPS) is 27.9. The van der Waals surface area contributed by atoms with Crippen LogP contribution in [0.2, 0.25) is 0 Å². The Morgan fingerprint density at radius 1 is 1.16 bits per heavy atom. The molecule has 0 saturated heterocycles. The second-order valence-electron chi connectivity index (χ2n) is 8.84. The molecule has 31 heavy (non-hydrogen) atoms. The van der Waals surface area contributed by atoms with Crippen LogP contribution >= 0.6 is 0 Å². The van der Waals surface area contributed by atoms with Gasteiger partial charge < -0.3 is 30.9 Å². The van der Waals surface area contributed by atoms with Crippen molar-refractivity contribution in [3.05, 3.63) is 12.7 Å². The number of amides is 1. The topological polar surface area (TPSA) is 176 Å². The zero-order chi connectivity index (χ0) is 22.2. The number of fused-ring (bicyclic) bond motifs is 1. The van der Waals surface area contributed by atoms with Crippen LogP contribution < -0.4 is 11.1 Å². The van der Waals surface area contributed by atoms with E-state index in [1.807, 2.05) is 0 Å². The van der Waals surface area contributed by atoms with Gasteiger partial charge in [0.25, 0.3) is 0 Å². The van der Waals surface area contributed by atoms with Crippen LogP contribution in [0.3, 0.4) is 0 Å². The maximum Gasteiger partial charge on any atom is 0.303 e. The monoisotopic (exact) mass is 432 g/mol. The van der Waals surface area contributed by atoms with E-state index in [9.17, 15) is 24.9 Å². The van der Waals surface area contributed by atoms with Gasteiger partial charge >= 0.3 is 5.97 Å². The SMILES string of the molecule is Nc1ncnc2c1ncn2[C@H]1[C@H](O)[C@H](NC(=O)CC2(CC(=O)O)CCCC2)CC[C@@H]1O. The molecule has 4 rings (SSSR count). The second-order valence-corrected chi connectivity index (χ2v) is 8.84. The minimum absolute atomic E-state index is 0.0306. The highest BCUT2D eigenvalue weighted by Gasteiger charge is 2.42. The maximum atomic E-state index is 12.8. The van der Waals surface area contributed by atoms with Crippen LogP contribution in [0.5, 0.6) is 0 Å². The fraction of sp³-hybridized carbons (Fsp3) is 0.650. The van der Waals surface area contributed by atoms with E-state index in [1.165, 1.54) is 12.7 Å². The number of aliphatic hydroxyl groups excluding tert-OH is 2. The average molecular weight is 432 g/mol. The molecule has 4 atom stereocenters. The molecule has 11 heteroatoms. The first-order valence-electron chi connectivity index (χ1n) is 10.6. The van der Waals surface area contributed by atoms with E-state index in [0.717, 1.165) is 12.8 Å². The van der Waals surface area contributed by atoms with Crippen LogP contribution in [-0.4, -0.2) is 65.0 Å². The van der Waals surface area contributed by atoms with Crippen molar-refractivity contribution in [1.82, 2.24) is 24.8 Å². The van der Waals surface area contributed by atoms with Gasteiger partial charge in [-0.3, -0.25) is 9.59 Å². The number of imidazole rings is 1. The number of anilines is 1. The van der Waals surface area contributed by atoms with E-state index in [1.54, 1.807) is 4.57 Å². The van der Waals surface area contributed by atoms with Gasteiger partial charge in [0.1, 0.15) is 11.8 Å². The Morgan fingerprint density at radius 2 is 1.90 bits per heavy atom. The van der Waals surface area contributed by atoms with Crippen molar-refractivity contribution in [3.63, 3.8) is 0 Å². The summed E-state index contributed by atoms with van der Waals surface area (Å²) in [6.07, 6.45) is 4.92. The Hall–Kier alpha value is -2.79. The van der Waals surface area contributed by atoms with Gasteiger partial charge in [-0.2, -0.15) is 0 Å². The summed E-state index contributed by atoms with van der Waals surface area (Å²) in [5.74, 6) is -0.970. The van der Waals surface area contributed by atoms with E-state index in [-0.39, 0.29) is 24.6 Å². The number of carbonyl (C=O) groups is 2. The molecule has 2 saturated carbocycles. The highest BCUT2D eigenvalue weighted by Crippen LogP contribution is 2.44. The fourth-order valence-electron chi connectivity index (χ4n) is 5.21. The molecule has 1 amide bonds. The van der Waals surface area contributed by atoms with Gasteiger partial charge in [-0.05, 0) is 31.1 Å².